The van der Waals surface area contributed by atoms with Crippen LogP contribution in [0.1, 0.15) is 6.92 Å². The average Bonchev–Trinajstić information content (AvgIpc) is 3.01. The minimum atomic E-state index is -0.113. The van der Waals surface area contributed by atoms with E-state index < -0.39 is 0 Å². The number of ether oxygens (including phenoxy) is 1. The van der Waals surface area contributed by atoms with Crippen molar-refractivity contribution in [1.29, 1.82) is 0 Å². The predicted octanol–water partition coefficient (Wildman–Crippen LogP) is 3.27. The molecule has 2 rings (SSSR count). The molecule has 1 aromatic carbocycles. The van der Waals surface area contributed by atoms with E-state index in [1.54, 1.807) is 6.08 Å². The van der Waals surface area contributed by atoms with E-state index in [0.29, 0.717) is 24.6 Å². The molecule has 6 nitrogen and oxygen atoms in total. The molecule has 0 aliphatic carbocycles. The molecule has 8 heteroatoms. The molecule has 0 saturated carbocycles. The summed E-state index contributed by atoms with van der Waals surface area (Å²) < 4.78 is 6.22. The number of para-hydroxylation sites is 2. The molecule has 2 N–H and O–H groups in total. The number of rotatable bonds is 9. The molecule has 1 amide bonds. The maximum absolute atomic E-state index is 12.1. The monoisotopic (exact) mass is 350 g/mol. The molecule has 122 valence electrons. The summed E-state index contributed by atoms with van der Waals surface area (Å²) in [5, 5.41) is 14.6. The fraction of sp³-hybridized carbons (Fsp3) is 0.267. The number of aromatic nitrogens is 2. The zero-order chi connectivity index (χ0) is 16.5. The Hall–Kier alpha value is -2.06. The molecule has 0 atom stereocenters. The van der Waals surface area contributed by atoms with E-state index >= 15 is 0 Å². The summed E-state index contributed by atoms with van der Waals surface area (Å²) >= 11 is 2.76. The van der Waals surface area contributed by atoms with Crippen LogP contribution in [-0.2, 0) is 4.79 Å². The Balaban J connectivity index is 1.85. The van der Waals surface area contributed by atoms with Gasteiger partial charge in [-0.05, 0) is 19.1 Å². The highest BCUT2D eigenvalue weighted by atomic mass is 32.2. The van der Waals surface area contributed by atoms with Gasteiger partial charge < -0.3 is 15.4 Å². The van der Waals surface area contributed by atoms with E-state index in [2.05, 4.69) is 27.4 Å². The fourth-order valence-corrected chi connectivity index (χ4v) is 3.22. The summed E-state index contributed by atoms with van der Waals surface area (Å²) in [6.45, 7) is 6.71. The standard InChI is InChI=1S/C15H18N4O2S2/c1-3-9-16-14-18-19-15(23-14)22-10-13(20)17-11-7-5-6-8-12(11)21-4-2/h3,5-8H,1,4,9-10H2,2H3,(H,16,18)(H,17,20). The third kappa shape index (κ3) is 5.57. The summed E-state index contributed by atoms with van der Waals surface area (Å²) in [6.07, 6.45) is 1.75. The van der Waals surface area contributed by atoms with E-state index in [9.17, 15) is 4.79 Å². The average molecular weight is 350 g/mol. The number of nitrogens with one attached hydrogen (secondary N) is 2. The quantitative estimate of drug-likeness (QED) is 0.534. The van der Waals surface area contributed by atoms with E-state index in [1.165, 1.54) is 23.1 Å². The van der Waals surface area contributed by atoms with Crippen LogP contribution in [0.15, 0.2) is 41.3 Å². The summed E-state index contributed by atoms with van der Waals surface area (Å²) in [5.41, 5.74) is 0.672. The van der Waals surface area contributed by atoms with Gasteiger partial charge in [0, 0.05) is 6.54 Å². The molecule has 2 aromatic rings. The van der Waals surface area contributed by atoms with Gasteiger partial charge in [-0.25, -0.2) is 0 Å². The van der Waals surface area contributed by atoms with Crippen LogP contribution in [0.25, 0.3) is 0 Å². The smallest absolute Gasteiger partial charge is 0.234 e. The topological polar surface area (TPSA) is 76.1 Å². The highest BCUT2D eigenvalue weighted by Gasteiger charge is 2.10. The lowest BCUT2D eigenvalue weighted by Crippen LogP contribution is -2.14. The predicted molar refractivity (Wildman–Crippen MR) is 95.6 cm³/mol. The minimum absolute atomic E-state index is 0.113. The van der Waals surface area contributed by atoms with E-state index in [1.807, 2.05) is 31.2 Å². The molecule has 0 aliphatic heterocycles. The van der Waals surface area contributed by atoms with Gasteiger partial charge in [-0.2, -0.15) is 0 Å². The first-order valence-corrected chi connectivity index (χ1v) is 8.86. The van der Waals surface area contributed by atoms with Gasteiger partial charge >= 0.3 is 0 Å². The third-order valence-corrected chi connectivity index (χ3v) is 4.61. The Morgan fingerprint density at radius 3 is 3.04 bits per heavy atom. The van der Waals surface area contributed by atoms with E-state index in [0.717, 1.165) is 9.47 Å². The first-order valence-electron chi connectivity index (χ1n) is 7.05. The van der Waals surface area contributed by atoms with Gasteiger partial charge in [0.2, 0.25) is 11.0 Å². The molecule has 1 aromatic heterocycles. The third-order valence-electron chi connectivity index (χ3n) is 2.59. The summed E-state index contributed by atoms with van der Waals surface area (Å²) in [4.78, 5) is 12.1. The Morgan fingerprint density at radius 2 is 2.26 bits per heavy atom. The number of nitrogens with zero attached hydrogens (tertiary/aromatic N) is 2. The van der Waals surface area contributed by atoms with Crippen molar-refractivity contribution in [3.05, 3.63) is 36.9 Å². The number of carbonyl (C=O) groups excluding carboxylic acids is 1. The number of benzene rings is 1. The molecular formula is C15H18N4O2S2. The van der Waals surface area contributed by atoms with Crippen molar-refractivity contribution in [2.75, 3.05) is 29.5 Å². The number of carbonyl (C=O) groups is 1. The molecule has 0 saturated heterocycles. The summed E-state index contributed by atoms with van der Waals surface area (Å²) in [6, 6.07) is 7.37. The SMILES string of the molecule is C=CCNc1nnc(SCC(=O)Nc2ccccc2OCC)s1. The summed E-state index contributed by atoms with van der Waals surface area (Å²) in [7, 11) is 0. The molecular weight excluding hydrogens is 332 g/mol. The van der Waals surface area contributed by atoms with Crippen LogP contribution in [0.4, 0.5) is 10.8 Å². The van der Waals surface area contributed by atoms with Gasteiger partial charge in [0.05, 0.1) is 18.0 Å². The molecule has 0 unspecified atom stereocenters. The lowest BCUT2D eigenvalue weighted by Gasteiger charge is -2.10. The Kier molecular flexibility index (Phi) is 6.89. The first kappa shape index (κ1) is 17.3. The second kappa shape index (κ2) is 9.16. The lowest BCUT2D eigenvalue weighted by molar-refractivity contribution is -0.113. The van der Waals surface area contributed by atoms with Crippen molar-refractivity contribution in [2.45, 2.75) is 11.3 Å². The van der Waals surface area contributed by atoms with Crippen LogP contribution in [0.2, 0.25) is 0 Å². The number of thioether (sulfide) groups is 1. The van der Waals surface area contributed by atoms with Gasteiger partial charge in [-0.15, -0.1) is 16.8 Å². The van der Waals surface area contributed by atoms with Gasteiger partial charge in [0.1, 0.15) is 5.75 Å². The van der Waals surface area contributed by atoms with Crippen LogP contribution in [0.3, 0.4) is 0 Å². The molecule has 0 fully saturated rings. The van der Waals surface area contributed by atoms with Crippen molar-refractivity contribution in [3.63, 3.8) is 0 Å². The fourth-order valence-electron chi connectivity index (χ4n) is 1.66. The maximum Gasteiger partial charge on any atom is 0.234 e. The number of anilines is 2. The lowest BCUT2D eigenvalue weighted by atomic mass is 10.3. The number of hydrogen-bond donors (Lipinski definition) is 2. The van der Waals surface area contributed by atoms with Crippen LogP contribution in [0.5, 0.6) is 5.75 Å². The zero-order valence-electron chi connectivity index (χ0n) is 12.7. The summed E-state index contributed by atoms with van der Waals surface area (Å²) in [5.74, 6) is 0.814. The van der Waals surface area contributed by atoms with Crippen molar-refractivity contribution in [1.82, 2.24) is 10.2 Å². The largest absolute Gasteiger partial charge is 0.492 e. The zero-order valence-corrected chi connectivity index (χ0v) is 14.4. The van der Waals surface area contributed by atoms with Crippen LogP contribution < -0.4 is 15.4 Å². The number of amides is 1. The van der Waals surface area contributed by atoms with Crippen LogP contribution >= 0.6 is 23.1 Å². The number of hydrogen-bond acceptors (Lipinski definition) is 7. The Labute approximate surface area is 143 Å². The first-order chi connectivity index (χ1) is 11.2. The van der Waals surface area contributed by atoms with E-state index in [-0.39, 0.29) is 11.7 Å². The van der Waals surface area contributed by atoms with Crippen LogP contribution in [-0.4, -0.2) is 35.0 Å². The van der Waals surface area contributed by atoms with Crippen LogP contribution in [0, 0.1) is 0 Å². The second-order valence-electron chi connectivity index (χ2n) is 4.31. The molecule has 0 bridgehead atoms. The Morgan fingerprint density at radius 1 is 1.43 bits per heavy atom. The molecule has 23 heavy (non-hydrogen) atoms. The van der Waals surface area contributed by atoms with Crippen molar-refractivity contribution in [3.8, 4) is 5.75 Å². The minimum Gasteiger partial charge on any atom is -0.492 e. The highest BCUT2D eigenvalue weighted by molar-refractivity contribution is 8.01. The Bertz CT molecular complexity index is 660. The molecule has 0 spiro atoms. The second-order valence-corrected chi connectivity index (χ2v) is 6.51. The van der Waals surface area contributed by atoms with Gasteiger partial charge in [-0.3, -0.25) is 4.79 Å². The van der Waals surface area contributed by atoms with Crippen molar-refractivity contribution >= 4 is 39.8 Å². The van der Waals surface area contributed by atoms with E-state index in [4.69, 9.17) is 4.74 Å². The molecule has 0 radical (unpaired) electrons. The normalized spacial score (nSPS) is 10.1. The highest BCUT2D eigenvalue weighted by Crippen LogP contribution is 2.27. The van der Waals surface area contributed by atoms with Gasteiger partial charge in [-0.1, -0.05) is 41.3 Å². The molecule has 0 aliphatic rings. The van der Waals surface area contributed by atoms with Crippen molar-refractivity contribution < 1.29 is 9.53 Å². The van der Waals surface area contributed by atoms with Gasteiger partial charge in [0.25, 0.3) is 0 Å². The van der Waals surface area contributed by atoms with Gasteiger partial charge in [0.15, 0.2) is 4.34 Å². The van der Waals surface area contributed by atoms with Crippen molar-refractivity contribution in [2.24, 2.45) is 0 Å². The molecule has 1 heterocycles. The maximum atomic E-state index is 12.1.